The number of nitrogens with one attached hydrogen (secondary N) is 1. The van der Waals surface area contributed by atoms with Crippen molar-refractivity contribution in [3.63, 3.8) is 0 Å². The summed E-state index contributed by atoms with van der Waals surface area (Å²) in [5, 5.41) is 3.16. The molecule has 0 spiro atoms. The van der Waals surface area contributed by atoms with Gasteiger partial charge in [-0.1, -0.05) is 50.0 Å². The second kappa shape index (κ2) is 7.53. The van der Waals surface area contributed by atoms with Gasteiger partial charge in [-0.15, -0.1) is 0 Å². The summed E-state index contributed by atoms with van der Waals surface area (Å²) in [6.07, 6.45) is 0. The predicted molar refractivity (Wildman–Crippen MR) is 86.5 cm³/mol. The summed E-state index contributed by atoms with van der Waals surface area (Å²) in [7, 11) is -4.89. The van der Waals surface area contributed by atoms with E-state index in [4.69, 9.17) is 9.05 Å². The Morgan fingerprint density at radius 3 is 2.00 bits per heavy atom. The lowest BCUT2D eigenvalue weighted by atomic mass is 10.2. The second-order valence-corrected chi connectivity index (χ2v) is 12.8. The predicted octanol–water partition coefficient (Wildman–Crippen LogP) is 4.38. The highest BCUT2D eigenvalue weighted by Gasteiger charge is 2.36. The molecule has 0 aliphatic heterocycles. The summed E-state index contributed by atoms with van der Waals surface area (Å²) in [4.78, 5) is 0. The molecule has 114 valence electrons. The van der Waals surface area contributed by atoms with Gasteiger partial charge in [0, 0.05) is 5.67 Å². The minimum atomic E-state index is -3.25. The maximum atomic E-state index is 12.7. The average Bonchev–Trinajstić information content (AvgIpc) is 2.36. The van der Waals surface area contributed by atoms with E-state index in [-0.39, 0.29) is 5.67 Å². The van der Waals surface area contributed by atoms with Crippen LogP contribution in [0.5, 0.6) is 0 Å². The van der Waals surface area contributed by atoms with E-state index in [0.717, 1.165) is 5.56 Å². The van der Waals surface area contributed by atoms with Gasteiger partial charge in [0.2, 0.25) is 0 Å². The molecular weight excluding hydrogens is 289 g/mol. The maximum Gasteiger partial charge on any atom is 0.405 e. The zero-order valence-corrected chi connectivity index (χ0v) is 14.9. The molecule has 1 N–H and O–H groups in total. The molecule has 4 nitrogen and oxygen atoms in total. The van der Waals surface area contributed by atoms with Gasteiger partial charge in [-0.25, -0.2) is 9.65 Å². The third-order valence-electron chi connectivity index (χ3n) is 2.88. The topological polar surface area (TPSA) is 47.6 Å². The third-order valence-corrected chi connectivity index (χ3v) is 7.11. The lowest BCUT2D eigenvalue weighted by molar-refractivity contribution is 0.209. The van der Waals surface area contributed by atoms with Gasteiger partial charge in [0.1, 0.15) is 0 Å². The van der Waals surface area contributed by atoms with E-state index in [9.17, 15) is 4.57 Å². The van der Waals surface area contributed by atoms with Crippen LogP contribution in [0, 0.1) is 0 Å². The summed E-state index contributed by atoms with van der Waals surface area (Å²) >= 11 is 0. The van der Waals surface area contributed by atoms with Crippen molar-refractivity contribution in [1.82, 2.24) is 5.09 Å². The summed E-state index contributed by atoms with van der Waals surface area (Å²) in [6, 6.07) is 10.1. The van der Waals surface area contributed by atoms with Gasteiger partial charge in [-0.2, -0.15) is 0 Å². The van der Waals surface area contributed by atoms with Crippen molar-refractivity contribution in [3.8, 4) is 0 Å². The maximum absolute atomic E-state index is 12.7. The lowest BCUT2D eigenvalue weighted by Crippen LogP contribution is -2.40. The summed E-state index contributed by atoms with van der Waals surface area (Å²) in [5.41, 5.74) is 1.15. The monoisotopic (exact) mass is 315 g/mol. The molecule has 0 amide bonds. The van der Waals surface area contributed by atoms with Crippen LogP contribution < -0.4 is 5.09 Å². The Morgan fingerprint density at radius 1 is 1.10 bits per heavy atom. The first-order valence-corrected chi connectivity index (χ1v) is 12.2. The number of hydrogen-bond donors (Lipinski definition) is 1. The summed E-state index contributed by atoms with van der Waals surface area (Å²) in [5.74, 6) is 0. The fraction of sp³-hybridized carbons (Fsp3) is 0.571. The Morgan fingerprint density at radius 2 is 1.60 bits per heavy atom. The van der Waals surface area contributed by atoms with Crippen LogP contribution in [-0.2, 0) is 13.6 Å². The minimum Gasteiger partial charge on any atom is -0.297 e. The molecule has 0 saturated carbocycles. The van der Waals surface area contributed by atoms with Crippen molar-refractivity contribution in [2.45, 2.75) is 39.2 Å². The molecule has 1 atom stereocenters. The van der Waals surface area contributed by atoms with E-state index in [1.807, 2.05) is 32.0 Å². The molecule has 0 bridgehead atoms. The standard InChI is InChI=1S/C14H26NO3PSi/c1-6-17-19(16,18-7-2)15-14(20(3,4)5)13-11-9-8-10-12-13/h8-12,14H,6-7H2,1-5H3,(H,15,16). The van der Waals surface area contributed by atoms with Crippen LogP contribution in [0.25, 0.3) is 0 Å². The van der Waals surface area contributed by atoms with E-state index >= 15 is 0 Å². The Hall–Kier alpha value is -0.453. The van der Waals surface area contributed by atoms with Gasteiger partial charge in [0.15, 0.2) is 0 Å². The molecule has 0 heterocycles. The molecule has 1 unspecified atom stereocenters. The zero-order valence-electron chi connectivity index (χ0n) is 13.1. The van der Waals surface area contributed by atoms with Gasteiger partial charge in [-0.3, -0.25) is 9.05 Å². The first kappa shape index (κ1) is 17.6. The highest BCUT2D eigenvalue weighted by atomic mass is 31.2. The van der Waals surface area contributed by atoms with Gasteiger partial charge in [-0.05, 0) is 19.4 Å². The van der Waals surface area contributed by atoms with E-state index in [1.54, 1.807) is 0 Å². The second-order valence-electron chi connectivity index (χ2n) is 5.67. The molecule has 20 heavy (non-hydrogen) atoms. The third kappa shape index (κ3) is 5.15. The van der Waals surface area contributed by atoms with Gasteiger partial charge in [0.25, 0.3) is 0 Å². The number of hydrogen-bond acceptors (Lipinski definition) is 3. The van der Waals surface area contributed by atoms with Crippen LogP contribution in [0.2, 0.25) is 19.6 Å². The molecule has 0 saturated heterocycles. The van der Waals surface area contributed by atoms with Crippen molar-refractivity contribution in [2.24, 2.45) is 0 Å². The quantitative estimate of drug-likeness (QED) is 0.571. The minimum absolute atomic E-state index is 0.0210. The summed E-state index contributed by atoms with van der Waals surface area (Å²) < 4.78 is 23.4. The molecule has 0 aliphatic carbocycles. The Labute approximate surface area is 123 Å². The van der Waals surface area contributed by atoms with Crippen LogP contribution >= 0.6 is 7.75 Å². The molecule has 6 heteroatoms. The Kier molecular flexibility index (Phi) is 6.62. The first-order chi connectivity index (χ1) is 9.32. The first-order valence-electron chi connectivity index (χ1n) is 7.04. The van der Waals surface area contributed by atoms with Gasteiger partial charge < -0.3 is 0 Å². The van der Waals surface area contributed by atoms with Crippen LogP contribution in [0.1, 0.15) is 25.1 Å². The van der Waals surface area contributed by atoms with Crippen molar-refractivity contribution >= 4 is 15.8 Å². The van der Waals surface area contributed by atoms with Gasteiger partial charge >= 0.3 is 7.75 Å². The molecule has 1 rings (SSSR count). The SMILES string of the molecule is CCOP(=O)(NC(c1ccccc1)[Si](C)(C)C)OCC. The molecule has 0 aliphatic rings. The lowest BCUT2D eigenvalue weighted by Gasteiger charge is -2.33. The van der Waals surface area contributed by atoms with E-state index in [1.165, 1.54) is 0 Å². The summed E-state index contributed by atoms with van der Waals surface area (Å²) in [6.45, 7) is 11.1. The van der Waals surface area contributed by atoms with E-state index in [2.05, 4.69) is 36.9 Å². The molecule has 1 aromatic carbocycles. The molecule has 1 aromatic rings. The van der Waals surface area contributed by atoms with Crippen molar-refractivity contribution in [1.29, 1.82) is 0 Å². The van der Waals surface area contributed by atoms with E-state index < -0.39 is 15.8 Å². The molecule has 0 fully saturated rings. The smallest absolute Gasteiger partial charge is 0.297 e. The average molecular weight is 315 g/mol. The van der Waals surface area contributed by atoms with Gasteiger partial charge in [0.05, 0.1) is 21.3 Å². The highest BCUT2D eigenvalue weighted by molar-refractivity contribution is 7.51. The number of benzene rings is 1. The van der Waals surface area contributed by atoms with Crippen molar-refractivity contribution < 1.29 is 13.6 Å². The zero-order chi connectivity index (χ0) is 15.2. The fourth-order valence-corrected chi connectivity index (χ4v) is 6.61. The number of rotatable bonds is 8. The molecule has 0 radical (unpaired) electrons. The fourth-order valence-electron chi connectivity index (χ4n) is 2.02. The van der Waals surface area contributed by atoms with Crippen molar-refractivity contribution in [2.75, 3.05) is 13.2 Å². The van der Waals surface area contributed by atoms with Crippen LogP contribution in [0.3, 0.4) is 0 Å². The van der Waals surface area contributed by atoms with Crippen molar-refractivity contribution in [3.05, 3.63) is 35.9 Å². The molecular formula is C14H26NO3PSi. The largest absolute Gasteiger partial charge is 0.405 e. The Balaban J connectivity index is 3.04. The Bertz CT molecular complexity index is 437. The highest BCUT2D eigenvalue weighted by Crippen LogP contribution is 2.47. The van der Waals surface area contributed by atoms with Crippen LogP contribution in [0.4, 0.5) is 0 Å². The van der Waals surface area contributed by atoms with E-state index in [0.29, 0.717) is 13.2 Å². The molecule has 0 aromatic heterocycles. The van der Waals surface area contributed by atoms with Crippen LogP contribution in [0.15, 0.2) is 30.3 Å². The van der Waals surface area contributed by atoms with Crippen LogP contribution in [-0.4, -0.2) is 21.3 Å². The normalized spacial score (nSPS) is 14.2.